The number of ether oxygens (including phenoxy) is 2. The lowest BCUT2D eigenvalue weighted by molar-refractivity contribution is -0.122. The summed E-state index contributed by atoms with van der Waals surface area (Å²) >= 11 is 0. The fourth-order valence-corrected chi connectivity index (χ4v) is 5.96. The van der Waals surface area contributed by atoms with E-state index in [0.29, 0.717) is 19.5 Å². The minimum absolute atomic E-state index is 0.0314. The average Bonchev–Trinajstić information content (AvgIpc) is 3.14. The third-order valence-corrected chi connectivity index (χ3v) is 7.76. The van der Waals surface area contributed by atoms with Crippen molar-refractivity contribution in [1.82, 2.24) is 15.1 Å². The van der Waals surface area contributed by atoms with Gasteiger partial charge in [0, 0.05) is 56.2 Å². The molecule has 0 aliphatic carbocycles. The van der Waals surface area contributed by atoms with Crippen LogP contribution in [0.25, 0.3) is 0 Å². The van der Waals surface area contributed by atoms with Gasteiger partial charge in [0.25, 0.3) is 5.91 Å². The molecule has 2 aromatic carbocycles. The van der Waals surface area contributed by atoms with Gasteiger partial charge in [0.2, 0.25) is 5.91 Å². The van der Waals surface area contributed by atoms with Gasteiger partial charge in [-0.1, -0.05) is 42.8 Å². The Hall–Kier alpha value is -2.90. The van der Waals surface area contributed by atoms with E-state index in [1.807, 2.05) is 41.3 Å². The molecule has 7 heteroatoms. The lowest BCUT2D eigenvalue weighted by atomic mass is 9.78. The quantitative estimate of drug-likeness (QED) is 0.716. The van der Waals surface area contributed by atoms with Crippen molar-refractivity contribution in [2.75, 3.05) is 46.5 Å². The van der Waals surface area contributed by atoms with E-state index in [1.54, 1.807) is 7.11 Å². The van der Waals surface area contributed by atoms with Crippen LogP contribution in [0.15, 0.2) is 48.5 Å². The standard InChI is InChI=1S/C28H35N3O4/c1-34-25-11-5-4-10-23(25)24-19-31(20-28(24)13-7-6-12-26(32)29-28)27(33)22-9-3-2-8-21(22)18-30-14-16-35-17-15-30/h2-5,8-11,24H,6-7,12-20H2,1H3,(H,29,32)/t24-,28+/m1/s1. The molecule has 0 radical (unpaired) electrons. The Kier molecular flexibility index (Phi) is 7.07. The molecule has 5 rings (SSSR count). The molecule has 0 unspecified atom stereocenters. The highest BCUT2D eigenvalue weighted by Crippen LogP contribution is 2.44. The molecule has 3 aliphatic heterocycles. The van der Waals surface area contributed by atoms with Gasteiger partial charge in [-0.15, -0.1) is 0 Å². The van der Waals surface area contributed by atoms with E-state index in [0.717, 1.165) is 74.6 Å². The topological polar surface area (TPSA) is 71.1 Å². The number of amides is 2. The number of rotatable bonds is 5. The van der Waals surface area contributed by atoms with Gasteiger partial charge in [0.15, 0.2) is 0 Å². The molecule has 3 heterocycles. The molecule has 0 aromatic heterocycles. The third-order valence-electron chi connectivity index (χ3n) is 7.76. The van der Waals surface area contributed by atoms with E-state index in [2.05, 4.69) is 22.3 Å². The second kappa shape index (κ2) is 10.4. The van der Waals surface area contributed by atoms with Crippen molar-refractivity contribution in [2.24, 2.45) is 0 Å². The number of hydrogen-bond acceptors (Lipinski definition) is 5. The summed E-state index contributed by atoms with van der Waals surface area (Å²) in [5.41, 5.74) is 2.35. The van der Waals surface area contributed by atoms with Crippen LogP contribution in [0.2, 0.25) is 0 Å². The lowest BCUT2D eigenvalue weighted by Crippen LogP contribution is -2.53. The smallest absolute Gasteiger partial charge is 0.254 e. The van der Waals surface area contributed by atoms with Crippen molar-refractivity contribution in [2.45, 2.75) is 43.7 Å². The monoisotopic (exact) mass is 477 g/mol. The molecule has 186 valence electrons. The number of carbonyl (C=O) groups excluding carboxylic acids is 2. The second-order valence-corrected chi connectivity index (χ2v) is 9.94. The predicted molar refractivity (Wildman–Crippen MR) is 134 cm³/mol. The minimum Gasteiger partial charge on any atom is -0.496 e. The SMILES string of the molecule is COc1ccccc1[C@H]1CN(C(=O)c2ccccc2CN2CCOCC2)C[C@@]12CCCCC(=O)N2. The largest absolute Gasteiger partial charge is 0.496 e. The van der Waals surface area contributed by atoms with E-state index in [1.165, 1.54) is 0 Å². The molecule has 2 amide bonds. The van der Waals surface area contributed by atoms with Crippen LogP contribution in [0.1, 0.15) is 53.1 Å². The number of para-hydroxylation sites is 1. The van der Waals surface area contributed by atoms with Gasteiger partial charge in [0.1, 0.15) is 5.75 Å². The number of benzene rings is 2. The first-order valence-electron chi connectivity index (χ1n) is 12.7. The zero-order valence-corrected chi connectivity index (χ0v) is 20.5. The molecule has 1 spiro atoms. The fraction of sp³-hybridized carbons (Fsp3) is 0.500. The molecule has 0 saturated carbocycles. The highest BCUT2D eigenvalue weighted by molar-refractivity contribution is 5.96. The first-order chi connectivity index (χ1) is 17.1. The summed E-state index contributed by atoms with van der Waals surface area (Å²) in [4.78, 5) is 31.0. The molecule has 0 bridgehead atoms. The van der Waals surface area contributed by atoms with Gasteiger partial charge in [-0.2, -0.15) is 0 Å². The van der Waals surface area contributed by atoms with E-state index in [-0.39, 0.29) is 17.7 Å². The van der Waals surface area contributed by atoms with Gasteiger partial charge in [-0.25, -0.2) is 0 Å². The Bertz CT molecular complexity index is 1070. The Morgan fingerprint density at radius 2 is 1.89 bits per heavy atom. The summed E-state index contributed by atoms with van der Waals surface area (Å²) in [7, 11) is 1.68. The number of methoxy groups -OCH3 is 1. The van der Waals surface area contributed by atoms with Crippen molar-refractivity contribution in [3.63, 3.8) is 0 Å². The van der Waals surface area contributed by atoms with Gasteiger partial charge < -0.3 is 19.7 Å². The zero-order valence-electron chi connectivity index (χ0n) is 20.5. The van der Waals surface area contributed by atoms with Crippen LogP contribution in [0.4, 0.5) is 0 Å². The Labute approximate surface area is 207 Å². The Morgan fingerprint density at radius 3 is 2.71 bits per heavy atom. The third kappa shape index (κ3) is 4.93. The molecule has 3 fully saturated rings. The summed E-state index contributed by atoms with van der Waals surface area (Å²) in [5, 5.41) is 3.36. The highest BCUT2D eigenvalue weighted by atomic mass is 16.5. The van der Waals surface area contributed by atoms with Gasteiger partial charge >= 0.3 is 0 Å². The first kappa shape index (κ1) is 23.8. The number of carbonyl (C=O) groups is 2. The van der Waals surface area contributed by atoms with E-state index >= 15 is 0 Å². The fourth-order valence-electron chi connectivity index (χ4n) is 5.96. The summed E-state index contributed by atoms with van der Waals surface area (Å²) in [6, 6.07) is 15.9. The molecule has 2 aromatic rings. The molecule has 35 heavy (non-hydrogen) atoms. The van der Waals surface area contributed by atoms with Gasteiger partial charge in [-0.3, -0.25) is 14.5 Å². The van der Waals surface area contributed by atoms with E-state index in [4.69, 9.17) is 9.47 Å². The van der Waals surface area contributed by atoms with Crippen molar-refractivity contribution >= 4 is 11.8 Å². The van der Waals surface area contributed by atoms with Crippen molar-refractivity contribution in [3.05, 3.63) is 65.2 Å². The van der Waals surface area contributed by atoms with Gasteiger partial charge in [0.05, 0.1) is 25.9 Å². The summed E-state index contributed by atoms with van der Waals surface area (Å²) in [6.07, 6.45) is 3.22. The number of nitrogens with zero attached hydrogens (tertiary/aromatic N) is 2. The maximum Gasteiger partial charge on any atom is 0.254 e. The normalized spacial score (nSPS) is 25.3. The summed E-state index contributed by atoms with van der Waals surface area (Å²) < 4.78 is 11.2. The highest BCUT2D eigenvalue weighted by Gasteiger charge is 2.50. The second-order valence-electron chi connectivity index (χ2n) is 9.94. The van der Waals surface area contributed by atoms with Crippen LogP contribution in [0, 0.1) is 0 Å². The van der Waals surface area contributed by atoms with Crippen LogP contribution >= 0.6 is 0 Å². The van der Waals surface area contributed by atoms with Crippen LogP contribution in [0.5, 0.6) is 5.75 Å². The Balaban J connectivity index is 1.46. The Morgan fingerprint density at radius 1 is 1.11 bits per heavy atom. The molecule has 3 saturated heterocycles. The van der Waals surface area contributed by atoms with Crippen LogP contribution in [-0.2, 0) is 16.1 Å². The molecule has 2 atom stereocenters. The van der Waals surface area contributed by atoms with E-state index < -0.39 is 5.54 Å². The van der Waals surface area contributed by atoms with Crippen LogP contribution in [-0.4, -0.2) is 73.7 Å². The number of likely N-dealkylation sites (tertiary alicyclic amines) is 1. The predicted octanol–water partition coefficient (Wildman–Crippen LogP) is 3.20. The summed E-state index contributed by atoms with van der Waals surface area (Å²) in [6.45, 7) is 4.99. The zero-order chi connectivity index (χ0) is 24.3. The maximum absolute atomic E-state index is 14.0. The molecule has 3 aliphatic rings. The lowest BCUT2D eigenvalue weighted by Gasteiger charge is -2.35. The van der Waals surface area contributed by atoms with Crippen LogP contribution < -0.4 is 10.1 Å². The van der Waals surface area contributed by atoms with Crippen molar-refractivity contribution < 1.29 is 19.1 Å². The molecule has 1 N–H and O–H groups in total. The number of nitrogens with one attached hydrogen (secondary N) is 1. The summed E-state index contributed by atoms with van der Waals surface area (Å²) in [5.74, 6) is 0.877. The van der Waals surface area contributed by atoms with Gasteiger partial charge in [-0.05, 0) is 30.5 Å². The maximum atomic E-state index is 14.0. The van der Waals surface area contributed by atoms with Crippen LogP contribution in [0.3, 0.4) is 0 Å². The minimum atomic E-state index is -0.489. The van der Waals surface area contributed by atoms with Crippen molar-refractivity contribution in [1.29, 1.82) is 0 Å². The molecular formula is C28H35N3O4. The number of morpholine rings is 1. The first-order valence-corrected chi connectivity index (χ1v) is 12.7. The molecular weight excluding hydrogens is 442 g/mol. The number of hydrogen-bond donors (Lipinski definition) is 1. The van der Waals surface area contributed by atoms with Crippen molar-refractivity contribution in [3.8, 4) is 5.75 Å². The average molecular weight is 478 g/mol. The molecule has 7 nitrogen and oxygen atoms in total. The van der Waals surface area contributed by atoms with E-state index in [9.17, 15) is 9.59 Å².